The summed E-state index contributed by atoms with van der Waals surface area (Å²) in [6.07, 6.45) is 0. The lowest BCUT2D eigenvalue weighted by atomic mass is 10.3. The molecule has 0 aromatic heterocycles. The minimum atomic E-state index is -3.93. The van der Waals surface area contributed by atoms with E-state index in [1.807, 2.05) is 0 Å². The number of amides is 1. The van der Waals surface area contributed by atoms with Crippen molar-refractivity contribution in [3.63, 3.8) is 0 Å². The van der Waals surface area contributed by atoms with Gasteiger partial charge in [0.15, 0.2) is 0 Å². The first-order valence-corrected chi connectivity index (χ1v) is 6.51. The van der Waals surface area contributed by atoms with Crippen LogP contribution >= 0.6 is 0 Å². The smallest absolute Gasteiger partial charge is 0.245 e. The number of hydrogen-bond donors (Lipinski definition) is 3. The number of carbonyl (C=O) groups is 1. The highest BCUT2D eigenvalue weighted by Crippen LogP contribution is 2.25. The fourth-order valence-electron chi connectivity index (χ4n) is 1.26. The van der Waals surface area contributed by atoms with E-state index in [1.165, 1.54) is 32.2 Å². The number of nitrogens with two attached hydrogens (primary N) is 2. The number of methoxy groups -OCH3 is 1. The van der Waals surface area contributed by atoms with Crippen molar-refractivity contribution in [2.45, 2.75) is 17.9 Å². The average molecular weight is 273 g/mol. The van der Waals surface area contributed by atoms with E-state index in [-0.39, 0.29) is 16.3 Å². The molecular formula is C10H15N3O4S. The van der Waals surface area contributed by atoms with E-state index < -0.39 is 22.0 Å². The minimum absolute atomic E-state index is 0.133. The summed E-state index contributed by atoms with van der Waals surface area (Å²) in [5, 5.41) is 0. The minimum Gasteiger partial charge on any atom is -0.495 e. The first kappa shape index (κ1) is 14.3. The Labute approximate surface area is 105 Å². The van der Waals surface area contributed by atoms with Gasteiger partial charge in [-0.25, -0.2) is 8.42 Å². The highest BCUT2D eigenvalue weighted by molar-refractivity contribution is 7.89. The summed E-state index contributed by atoms with van der Waals surface area (Å²) in [7, 11) is -2.59. The van der Waals surface area contributed by atoms with Crippen LogP contribution in [-0.4, -0.2) is 27.5 Å². The first-order valence-electron chi connectivity index (χ1n) is 5.03. The summed E-state index contributed by atoms with van der Waals surface area (Å²) in [5.41, 5.74) is 10.8. The van der Waals surface area contributed by atoms with Crippen molar-refractivity contribution >= 4 is 21.6 Å². The normalized spacial score (nSPS) is 13.0. The molecule has 0 bridgehead atoms. The maximum atomic E-state index is 12.0. The molecule has 0 saturated carbocycles. The molecule has 1 rings (SSSR count). The van der Waals surface area contributed by atoms with Gasteiger partial charge < -0.3 is 16.2 Å². The van der Waals surface area contributed by atoms with Crippen LogP contribution in [0.1, 0.15) is 6.92 Å². The van der Waals surface area contributed by atoms with Crippen molar-refractivity contribution in [1.29, 1.82) is 0 Å². The third-order valence-corrected chi connectivity index (χ3v) is 3.80. The molecule has 0 heterocycles. The Morgan fingerprint density at radius 2 is 2.06 bits per heavy atom. The van der Waals surface area contributed by atoms with Gasteiger partial charge in [0.2, 0.25) is 15.9 Å². The molecule has 8 heteroatoms. The van der Waals surface area contributed by atoms with Crippen LogP contribution in [0.15, 0.2) is 23.1 Å². The van der Waals surface area contributed by atoms with Crippen LogP contribution in [0.5, 0.6) is 5.75 Å². The number of anilines is 1. The number of nitrogen functional groups attached to an aromatic ring is 1. The van der Waals surface area contributed by atoms with Gasteiger partial charge in [-0.3, -0.25) is 4.79 Å². The third kappa shape index (κ3) is 3.11. The summed E-state index contributed by atoms with van der Waals surface area (Å²) in [6.45, 7) is 1.35. The van der Waals surface area contributed by atoms with E-state index in [9.17, 15) is 13.2 Å². The number of nitrogens with one attached hydrogen (secondary N) is 1. The zero-order valence-electron chi connectivity index (χ0n) is 10.0. The standard InChI is InChI=1S/C10H15N3O4S/c1-6(10(12)14)13-18(15,16)9-5-7(11)3-4-8(9)17-2/h3-6,13H,11H2,1-2H3,(H2,12,14). The maximum absolute atomic E-state index is 12.0. The van der Waals surface area contributed by atoms with Crippen LogP contribution in [0.3, 0.4) is 0 Å². The molecule has 0 aliphatic heterocycles. The zero-order valence-corrected chi connectivity index (χ0v) is 10.8. The summed E-state index contributed by atoms with van der Waals surface area (Å²) < 4.78 is 31.1. The maximum Gasteiger partial charge on any atom is 0.245 e. The topological polar surface area (TPSA) is 125 Å². The largest absolute Gasteiger partial charge is 0.495 e. The van der Waals surface area contributed by atoms with Gasteiger partial charge in [-0.05, 0) is 25.1 Å². The highest BCUT2D eigenvalue weighted by Gasteiger charge is 2.24. The summed E-state index contributed by atoms with van der Waals surface area (Å²) in [5.74, 6) is -0.644. The summed E-state index contributed by atoms with van der Waals surface area (Å²) >= 11 is 0. The molecule has 1 amide bonds. The number of benzene rings is 1. The summed E-state index contributed by atoms with van der Waals surface area (Å²) in [4.78, 5) is 10.7. The Balaban J connectivity index is 3.19. The zero-order chi connectivity index (χ0) is 13.9. The second-order valence-electron chi connectivity index (χ2n) is 3.66. The molecule has 1 unspecified atom stereocenters. The van der Waals surface area contributed by atoms with E-state index in [1.54, 1.807) is 0 Å². The van der Waals surface area contributed by atoms with Crippen LogP contribution in [0, 0.1) is 0 Å². The van der Waals surface area contributed by atoms with E-state index in [4.69, 9.17) is 16.2 Å². The van der Waals surface area contributed by atoms with E-state index in [0.717, 1.165) is 0 Å². The van der Waals surface area contributed by atoms with Gasteiger partial charge in [-0.2, -0.15) is 4.72 Å². The molecule has 0 saturated heterocycles. The van der Waals surface area contributed by atoms with Crippen LogP contribution in [0.2, 0.25) is 0 Å². The third-order valence-electron chi connectivity index (χ3n) is 2.24. The second-order valence-corrected chi connectivity index (χ2v) is 5.34. The molecule has 0 aliphatic carbocycles. The molecule has 0 radical (unpaired) electrons. The fraction of sp³-hybridized carbons (Fsp3) is 0.300. The van der Waals surface area contributed by atoms with Gasteiger partial charge in [-0.15, -0.1) is 0 Å². The number of hydrogen-bond acceptors (Lipinski definition) is 5. The van der Waals surface area contributed by atoms with Crippen LogP contribution < -0.4 is 20.9 Å². The van der Waals surface area contributed by atoms with Gasteiger partial charge in [0, 0.05) is 5.69 Å². The van der Waals surface area contributed by atoms with Crippen molar-refractivity contribution in [2.75, 3.05) is 12.8 Å². The molecule has 0 spiro atoms. The molecule has 0 fully saturated rings. The Morgan fingerprint density at radius 3 is 2.56 bits per heavy atom. The molecule has 100 valence electrons. The van der Waals surface area contributed by atoms with Crippen molar-refractivity contribution in [3.8, 4) is 5.75 Å². The molecule has 0 aliphatic rings. The predicted octanol–water partition coefficient (Wildman–Crippen LogP) is -0.570. The van der Waals surface area contributed by atoms with Crippen LogP contribution in [0.25, 0.3) is 0 Å². The van der Waals surface area contributed by atoms with Crippen molar-refractivity contribution in [2.24, 2.45) is 5.73 Å². The predicted molar refractivity (Wildman–Crippen MR) is 66.4 cm³/mol. The number of rotatable bonds is 5. The lowest BCUT2D eigenvalue weighted by Crippen LogP contribution is -2.42. The lowest BCUT2D eigenvalue weighted by molar-refractivity contribution is -0.119. The molecule has 18 heavy (non-hydrogen) atoms. The summed E-state index contributed by atoms with van der Waals surface area (Å²) in [6, 6.07) is 3.16. The first-order chi connectivity index (χ1) is 8.27. The van der Waals surface area contributed by atoms with Crippen molar-refractivity contribution in [1.82, 2.24) is 4.72 Å². The average Bonchev–Trinajstić information content (AvgIpc) is 2.28. The van der Waals surface area contributed by atoms with E-state index in [0.29, 0.717) is 0 Å². The number of ether oxygens (including phenoxy) is 1. The van der Waals surface area contributed by atoms with Gasteiger partial charge in [0.25, 0.3) is 0 Å². The van der Waals surface area contributed by atoms with Gasteiger partial charge in [-0.1, -0.05) is 0 Å². The molecule has 1 atom stereocenters. The Morgan fingerprint density at radius 1 is 1.44 bits per heavy atom. The molecular weight excluding hydrogens is 258 g/mol. The second kappa shape index (κ2) is 5.23. The monoisotopic (exact) mass is 273 g/mol. The van der Waals surface area contributed by atoms with E-state index >= 15 is 0 Å². The van der Waals surface area contributed by atoms with Gasteiger partial charge in [0.1, 0.15) is 10.6 Å². The SMILES string of the molecule is COc1ccc(N)cc1S(=O)(=O)NC(C)C(N)=O. The number of carbonyl (C=O) groups excluding carboxylic acids is 1. The van der Waals surface area contributed by atoms with Crippen molar-refractivity contribution < 1.29 is 17.9 Å². The Kier molecular flexibility index (Phi) is 4.15. The van der Waals surface area contributed by atoms with Crippen LogP contribution in [-0.2, 0) is 14.8 Å². The molecule has 7 nitrogen and oxygen atoms in total. The molecule has 1 aromatic rings. The number of primary amides is 1. The van der Waals surface area contributed by atoms with E-state index in [2.05, 4.69) is 4.72 Å². The van der Waals surface area contributed by atoms with Gasteiger partial charge in [0.05, 0.1) is 13.2 Å². The fourth-order valence-corrected chi connectivity index (χ4v) is 2.67. The Bertz CT molecular complexity index is 556. The van der Waals surface area contributed by atoms with Gasteiger partial charge >= 0.3 is 0 Å². The lowest BCUT2D eigenvalue weighted by Gasteiger charge is -2.13. The molecule has 5 N–H and O–H groups in total. The Hall–Kier alpha value is -1.80. The quantitative estimate of drug-likeness (QED) is 0.619. The molecule has 1 aromatic carbocycles. The number of sulfonamides is 1. The highest BCUT2D eigenvalue weighted by atomic mass is 32.2. The van der Waals surface area contributed by atoms with Crippen molar-refractivity contribution in [3.05, 3.63) is 18.2 Å². The van der Waals surface area contributed by atoms with Crippen LogP contribution in [0.4, 0.5) is 5.69 Å².